The Hall–Kier alpha value is -9.20. The molecule has 0 saturated carbocycles. The van der Waals surface area contributed by atoms with E-state index in [1.54, 1.807) is 0 Å². The van der Waals surface area contributed by atoms with Gasteiger partial charge in [-0.2, -0.15) is 0 Å². The molecular formula is C76H59N2P. The molecule has 11 aromatic carbocycles. The fourth-order valence-electron chi connectivity index (χ4n) is 12.7. The van der Waals surface area contributed by atoms with Crippen molar-refractivity contribution in [1.29, 1.82) is 0 Å². The van der Waals surface area contributed by atoms with Crippen LogP contribution in [0.5, 0.6) is 0 Å². The molecule has 0 radical (unpaired) electrons. The first-order valence-electron chi connectivity index (χ1n) is 27.6. The molecule has 1 aromatic heterocycles. The third-order valence-corrected chi connectivity index (χ3v) is 19.3. The number of nitrogens with zero attached hydrogens (tertiary/aromatic N) is 2. The normalized spacial score (nSPS) is 13.7. The van der Waals surface area contributed by atoms with E-state index >= 15 is 0 Å². The van der Waals surface area contributed by atoms with E-state index in [0.717, 1.165) is 34.1 Å². The van der Waals surface area contributed by atoms with Gasteiger partial charge in [0.05, 0.1) is 0 Å². The molecule has 0 amide bonds. The lowest BCUT2D eigenvalue weighted by Gasteiger charge is -2.28. The zero-order chi connectivity index (χ0) is 53.2. The average Bonchev–Trinajstić information content (AvgIpc) is 4.23. The van der Waals surface area contributed by atoms with Gasteiger partial charge in [-0.15, -0.1) is 0 Å². The molecule has 1 heterocycles. The summed E-state index contributed by atoms with van der Waals surface area (Å²) < 4.78 is 0. The Morgan fingerprint density at radius 1 is 0.278 bits per heavy atom. The quantitative estimate of drug-likeness (QED) is 0.119. The molecule has 0 saturated heterocycles. The summed E-state index contributed by atoms with van der Waals surface area (Å²) in [5.41, 5.74) is 22.1. The van der Waals surface area contributed by atoms with Crippen LogP contribution in [-0.2, 0) is 10.8 Å². The highest BCUT2D eigenvalue weighted by Gasteiger charge is 2.38. The van der Waals surface area contributed by atoms with E-state index in [2.05, 4.69) is 323 Å². The van der Waals surface area contributed by atoms with E-state index in [-0.39, 0.29) is 10.8 Å². The smallest absolute Gasteiger partial charge is 0.0465 e. The van der Waals surface area contributed by atoms with E-state index in [4.69, 9.17) is 0 Å². The summed E-state index contributed by atoms with van der Waals surface area (Å²) in [6, 6.07) is 96.2. The summed E-state index contributed by atoms with van der Waals surface area (Å²) in [6.45, 7) is 9.52. The van der Waals surface area contributed by atoms with Crippen LogP contribution >= 0.6 is 7.53 Å². The van der Waals surface area contributed by atoms with Gasteiger partial charge in [0.1, 0.15) is 0 Å². The van der Waals surface area contributed by atoms with Crippen molar-refractivity contribution in [2.45, 2.75) is 38.5 Å². The Morgan fingerprint density at radius 2 is 0.570 bits per heavy atom. The molecule has 2 aliphatic rings. The highest BCUT2D eigenvalue weighted by molar-refractivity contribution is 7.67. The molecular weight excluding hydrogens is 972 g/mol. The third-order valence-electron chi connectivity index (χ3n) is 16.7. The van der Waals surface area contributed by atoms with Gasteiger partial charge in [-0.05, 0) is 180 Å². The maximum Gasteiger partial charge on any atom is 0.0465 e. The van der Waals surface area contributed by atoms with Gasteiger partial charge >= 0.3 is 0 Å². The standard InChI is InChI=1S/C76H59N2P/c1-75(2)69-48-54(34-40-63(69)65-42-38-60(50-71(65)75)77(56-20-10-5-11-21-56)57-22-12-6-13-23-57)32-30-52-36-44-73-67(46-52)68-47-53(37-45-74(68)79(73)62-28-18-9-19-29-62)31-33-55-35-41-64-66-43-39-61(51-72(66)76(3,4)70(64)49-55)78(58-24-14-7-15-25-58)59-26-16-8-17-27-59/h5-51H,1-4H3/b32-30+,33-31+. The van der Waals surface area contributed by atoms with Crippen LogP contribution in [0, 0.1) is 0 Å². The summed E-state index contributed by atoms with van der Waals surface area (Å²) in [5, 5.41) is 6.88. The minimum Gasteiger partial charge on any atom is -0.310 e. The van der Waals surface area contributed by atoms with Gasteiger partial charge in [-0.1, -0.05) is 223 Å². The molecule has 2 aliphatic carbocycles. The van der Waals surface area contributed by atoms with Crippen LogP contribution in [-0.4, -0.2) is 0 Å². The van der Waals surface area contributed by atoms with E-state index < -0.39 is 7.53 Å². The van der Waals surface area contributed by atoms with Gasteiger partial charge in [0, 0.05) is 55.2 Å². The molecule has 2 nitrogen and oxygen atoms in total. The molecule has 3 heteroatoms. The molecule has 0 spiro atoms. The monoisotopic (exact) mass is 1030 g/mol. The van der Waals surface area contributed by atoms with Crippen molar-refractivity contribution in [3.63, 3.8) is 0 Å². The fraction of sp³-hybridized carbons (Fsp3) is 0.0789. The highest BCUT2D eigenvalue weighted by atomic mass is 31.1. The van der Waals surface area contributed by atoms with Crippen molar-refractivity contribution in [3.05, 3.63) is 305 Å². The lowest BCUT2D eigenvalue weighted by molar-refractivity contribution is 0.660. The van der Waals surface area contributed by atoms with E-state index in [1.807, 2.05) is 0 Å². The molecule has 0 fully saturated rings. The first kappa shape index (κ1) is 48.2. The number of para-hydroxylation sites is 4. The Balaban J connectivity index is 0.764. The average molecular weight is 1030 g/mol. The van der Waals surface area contributed by atoms with Crippen molar-refractivity contribution in [2.24, 2.45) is 0 Å². The summed E-state index contributed by atoms with van der Waals surface area (Å²) in [6.07, 6.45) is 9.20. The number of benzene rings is 11. The molecule has 378 valence electrons. The number of anilines is 6. The van der Waals surface area contributed by atoms with Crippen molar-refractivity contribution in [3.8, 4) is 27.6 Å². The molecule has 79 heavy (non-hydrogen) atoms. The zero-order valence-corrected chi connectivity index (χ0v) is 45.9. The van der Waals surface area contributed by atoms with Gasteiger partial charge in [0.2, 0.25) is 0 Å². The van der Waals surface area contributed by atoms with Crippen LogP contribution in [0.4, 0.5) is 34.1 Å². The zero-order valence-electron chi connectivity index (χ0n) is 45.0. The lowest BCUT2D eigenvalue weighted by Crippen LogP contribution is -2.16. The first-order valence-corrected chi connectivity index (χ1v) is 28.9. The number of fused-ring (bicyclic) bond motifs is 9. The van der Waals surface area contributed by atoms with Crippen molar-refractivity contribution in [2.75, 3.05) is 9.80 Å². The van der Waals surface area contributed by atoms with Crippen LogP contribution < -0.4 is 9.80 Å². The minimum absolute atomic E-state index is 0.177. The van der Waals surface area contributed by atoms with Crippen LogP contribution in [0.2, 0.25) is 0 Å². The third kappa shape index (κ3) is 8.43. The highest BCUT2D eigenvalue weighted by Crippen LogP contribution is 2.56. The molecule has 0 bridgehead atoms. The maximum absolute atomic E-state index is 2.42. The Labute approximate surface area is 465 Å². The van der Waals surface area contributed by atoms with Gasteiger partial charge in [-0.3, -0.25) is 0 Å². The first-order chi connectivity index (χ1) is 38.7. The second-order valence-corrected chi connectivity index (χ2v) is 24.4. The van der Waals surface area contributed by atoms with Gasteiger partial charge in [0.25, 0.3) is 0 Å². The van der Waals surface area contributed by atoms with E-state index in [9.17, 15) is 0 Å². The number of hydrogen-bond acceptors (Lipinski definition) is 2. The summed E-state index contributed by atoms with van der Waals surface area (Å²) in [5.74, 6) is 0. The van der Waals surface area contributed by atoms with E-state index in [1.165, 1.54) is 93.1 Å². The predicted molar refractivity (Wildman–Crippen MR) is 341 cm³/mol. The second kappa shape index (κ2) is 19.4. The molecule has 0 unspecified atom stereocenters. The summed E-state index contributed by atoms with van der Waals surface area (Å²) >= 11 is 0. The van der Waals surface area contributed by atoms with Gasteiger partial charge in [-0.25, -0.2) is 0 Å². The molecule has 0 N–H and O–H groups in total. The van der Waals surface area contributed by atoms with Crippen LogP contribution in [0.15, 0.2) is 261 Å². The Morgan fingerprint density at radius 3 is 0.924 bits per heavy atom. The lowest BCUT2D eigenvalue weighted by atomic mass is 9.81. The minimum atomic E-state index is -0.698. The van der Waals surface area contributed by atoms with Gasteiger partial charge < -0.3 is 9.80 Å². The largest absolute Gasteiger partial charge is 0.310 e. The van der Waals surface area contributed by atoms with Crippen molar-refractivity contribution < 1.29 is 0 Å². The number of hydrogen-bond donors (Lipinski definition) is 0. The van der Waals surface area contributed by atoms with Crippen molar-refractivity contribution in [1.82, 2.24) is 0 Å². The van der Waals surface area contributed by atoms with E-state index in [0.29, 0.717) is 0 Å². The fourth-order valence-corrected chi connectivity index (χ4v) is 15.3. The predicted octanol–water partition coefficient (Wildman–Crippen LogP) is 21.9. The SMILES string of the molecule is CC1(C)c2cc(/C=C/c3ccc4c(c3)c3cc(/C=C/c5ccc6c(c5)C(C)(C)c5cc(N(c7ccccc7)c7ccccc7)ccc5-6)ccc3p4-c3ccccc3)ccc2-c2ccc(N(c3ccccc3)c3ccccc3)cc21. The molecule has 0 atom stereocenters. The summed E-state index contributed by atoms with van der Waals surface area (Å²) in [7, 11) is -0.698. The number of rotatable bonds is 11. The van der Waals surface area contributed by atoms with Crippen LogP contribution in [0.1, 0.15) is 72.2 Å². The second-order valence-electron chi connectivity index (χ2n) is 22.2. The van der Waals surface area contributed by atoms with Gasteiger partial charge in [0.15, 0.2) is 0 Å². The maximum atomic E-state index is 2.42. The van der Waals surface area contributed by atoms with Crippen LogP contribution in [0.25, 0.3) is 72.9 Å². The van der Waals surface area contributed by atoms with Crippen molar-refractivity contribution >= 4 is 87.0 Å². The summed E-state index contributed by atoms with van der Waals surface area (Å²) in [4.78, 5) is 4.72. The molecule has 14 rings (SSSR count). The topological polar surface area (TPSA) is 6.48 Å². The van der Waals surface area contributed by atoms with Crippen LogP contribution in [0.3, 0.4) is 0 Å². The molecule has 0 aliphatic heterocycles. The Bertz CT molecular complexity index is 4000. The molecule has 12 aromatic rings. The Kier molecular flexibility index (Phi) is 11.8.